The Labute approximate surface area is 131 Å². The Morgan fingerprint density at radius 1 is 1.18 bits per heavy atom. The van der Waals surface area contributed by atoms with Crippen LogP contribution in [0.2, 0.25) is 0 Å². The van der Waals surface area contributed by atoms with Crippen LogP contribution in [0, 0.1) is 5.92 Å². The third kappa shape index (κ3) is 4.31. The molecular formula is C17H25N3O2. The fourth-order valence-corrected chi connectivity index (χ4v) is 2.89. The van der Waals surface area contributed by atoms with E-state index < -0.39 is 0 Å². The maximum Gasteiger partial charge on any atom is 0.253 e. The standard InChI is InChI=1S/C17H25N3O2/c1-20(2)17(22)12-7-9-14(10-8-12)19-16(21)11-13-5-3-4-6-15(13)18/h7-10,13,15H,3-6,11,18H2,1-2H3,(H,19,21). The SMILES string of the molecule is CN(C)C(=O)c1ccc(NC(=O)CC2CCCCC2N)cc1. The van der Waals surface area contributed by atoms with Crippen molar-refractivity contribution in [1.82, 2.24) is 4.90 Å². The molecule has 2 amide bonds. The molecule has 1 fully saturated rings. The molecule has 2 atom stereocenters. The zero-order valence-corrected chi connectivity index (χ0v) is 13.3. The molecule has 1 aromatic rings. The molecule has 0 aromatic heterocycles. The molecule has 0 saturated heterocycles. The summed E-state index contributed by atoms with van der Waals surface area (Å²) in [4.78, 5) is 25.4. The van der Waals surface area contributed by atoms with Gasteiger partial charge in [-0.1, -0.05) is 12.8 Å². The van der Waals surface area contributed by atoms with Crippen molar-refractivity contribution in [2.24, 2.45) is 11.7 Å². The quantitative estimate of drug-likeness (QED) is 0.895. The third-order valence-corrected chi connectivity index (χ3v) is 4.24. The fourth-order valence-electron chi connectivity index (χ4n) is 2.89. The predicted molar refractivity (Wildman–Crippen MR) is 87.6 cm³/mol. The van der Waals surface area contributed by atoms with Crippen LogP contribution in [0.15, 0.2) is 24.3 Å². The second kappa shape index (κ2) is 7.40. The topological polar surface area (TPSA) is 75.4 Å². The molecule has 1 aromatic carbocycles. The number of anilines is 1. The van der Waals surface area contributed by atoms with Gasteiger partial charge in [-0.2, -0.15) is 0 Å². The van der Waals surface area contributed by atoms with Crippen LogP contribution < -0.4 is 11.1 Å². The van der Waals surface area contributed by atoms with E-state index in [2.05, 4.69) is 5.32 Å². The lowest BCUT2D eigenvalue weighted by Gasteiger charge is -2.27. The Balaban J connectivity index is 1.90. The van der Waals surface area contributed by atoms with Gasteiger partial charge in [0.1, 0.15) is 0 Å². The molecule has 1 saturated carbocycles. The number of nitrogens with one attached hydrogen (secondary N) is 1. The first-order valence-electron chi connectivity index (χ1n) is 7.84. The highest BCUT2D eigenvalue weighted by atomic mass is 16.2. The Kier molecular flexibility index (Phi) is 5.55. The maximum absolute atomic E-state index is 12.1. The van der Waals surface area contributed by atoms with Gasteiger partial charge in [-0.25, -0.2) is 0 Å². The molecule has 0 bridgehead atoms. The minimum atomic E-state index is -0.0499. The van der Waals surface area contributed by atoms with E-state index in [4.69, 9.17) is 5.73 Å². The molecule has 2 unspecified atom stereocenters. The number of rotatable bonds is 4. The summed E-state index contributed by atoms with van der Waals surface area (Å²) >= 11 is 0. The minimum Gasteiger partial charge on any atom is -0.345 e. The van der Waals surface area contributed by atoms with Gasteiger partial charge in [0.2, 0.25) is 5.91 Å². The summed E-state index contributed by atoms with van der Waals surface area (Å²) < 4.78 is 0. The number of benzene rings is 1. The Bertz CT molecular complexity index is 525. The van der Waals surface area contributed by atoms with Crippen molar-refractivity contribution in [3.8, 4) is 0 Å². The van der Waals surface area contributed by atoms with Crippen LogP contribution in [0.5, 0.6) is 0 Å². The lowest BCUT2D eigenvalue weighted by atomic mass is 9.83. The summed E-state index contributed by atoms with van der Waals surface area (Å²) in [6, 6.07) is 7.11. The smallest absolute Gasteiger partial charge is 0.253 e. The van der Waals surface area contributed by atoms with Crippen LogP contribution in [0.1, 0.15) is 42.5 Å². The van der Waals surface area contributed by atoms with Gasteiger partial charge in [-0.15, -0.1) is 0 Å². The summed E-state index contributed by atoms with van der Waals surface area (Å²) in [6.07, 6.45) is 4.84. The molecule has 120 valence electrons. The fraction of sp³-hybridized carbons (Fsp3) is 0.529. The summed E-state index contributed by atoms with van der Waals surface area (Å²) in [6.45, 7) is 0. The Hall–Kier alpha value is -1.88. The van der Waals surface area contributed by atoms with Gasteiger partial charge in [0, 0.05) is 37.8 Å². The minimum absolute atomic E-state index is 0.00552. The molecule has 5 nitrogen and oxygen atoms in total. The number of carbonyl (C=O) groups is 2. The van der Waals surface area contributed by atoms with Crippen LogP contribution >= 0.6 is 0 Å². The Morgan fingerprint density at radius 3 is 2.41 bits per heavy atom. The predicted octanol–water partition coefficient (Wildman–Crippen LogP) is 2.23. The molecule has 0 spiro atoms. The molecule has 1 aliphatic carbocycles. The van der Waals surface area contributed by atoms with E-state index >= 15 is 0 Å². The number of hydrogen-bond donors (Lipinski definition) is 2. The molecule has 0 heterocycles. The first-order valence-corrected chi connectivity index (χ1v) is 7.84. The largest absolute Gasteiger partial charge is 0.345 e. The zero-order chi connectivity index (χ0) is 16.1. The number of carbonyl (C=O) groups excluding carboxylic acids is 2. The van der Waals surface area contributed by atoms with Crippen molar-refractivity contribution in [3.63, 3.8) is 0 Å². The average Bonchev–Trinajstić information content (AvgIpc) is 2.49. The van der Waals surface area contributed by atoms with Gasteiger partial charge >= 0.3 is 0 Å². The van der Waals surface area contributed by atoms with Gasteiger partial charge < -0.3 is 16.0 Å². The van der Waals surface area contributed by atoms with E-state index in [0.29, 0.717) is 17.7 Å². The van der Waals surface area contributed by atoms with Crippen LogP contribution in [0.4, 0.5) is 5.69 Å². The number of nitrogens with zero attached hydrogens (tertiary/aromatic N) is 1. The second-order valence-electron chi connectivity index (χ2n) is 6.24. The van der Waals surface area contributed by atoms with Crippen molar-refractivity contribution in [2.45, 2.75) is 38.1 Å². The van der Waals surface area contributed by atoms with E-state index in [-0.39, 0.29) is 23.8 Å². The highest BCUT2D eigenvalue weighted by Gasteiger charge is 2.24. The van der Waals surface area contributed by atoms with E-state index in [1.807, 2.05) is 0 Å². The van der Waals surface area contributed by atoms with Gasteiger partial charge in [0.25, 0.3) is 5.91 Å². The van der Waals surface area contributed by atoms with Crippen molar-refractivity contribution in [2.75, 3.05) is 19.4 Å². The summed E-state index contributed by atoms with van der Waals surface area (Å²) in [5, 5.41) is 2.89. The summed E-state index contributed by atoms with van der Waals surface area (Å²) in [5.74, 6) is 0.225. The van der Waals surface area contributed by atoms with Gasteiger partial charge in [-0.05, 0) is 43.0 Å². The summed E-state index contributed by atoms with van der Waals surface area (Å²) in [5.41, 5.74) is 7.40. The highest BCUT2D eigenvalue weighted by Crippen LogP contribution is 2.26. The number of hydrogen-bond acceptors (Lipinski definition) is 3. The average molecular weight is 303 g/mol. The lowest BCUT2D eigenvalue weighted by molar-refractivity contribution is -0.117. The van der Waals surface area contributed by atoms with Crippen LogP contribution in [-0.2, 0) is 4.79 Å². The molecular weight excluding hydrogens is 278 g/mol. The third-order valence-electron chi connectivity index (χ3n) is 4.24. The van der Waals surface area contributed by atoms with Crippen molar-refractivity contribution < 1.29 is 9.59 Å². The van der Waals surface area contributed by atoms with Gasteiger partial charge in [-0.3, -0.25) is 9.59 Å². The molecule has 0 aliphatic heterocycles. The van der Waals surface area contributed by atoms with Crippen LogP contribution in [-0.4, -0.2) is 36.9 Å². The second-order valence-corrected chi connectivity index (χ2v) is 6.24. The maximum atomic E-state index is 12.1. The highest BCUT2D eigenvalue weighted by molar-refractivity contribution is 5.95. The monoisotopic (exact) mass is 303 g/mol. The molecule has 22 heavy (non-hydrogen) atoms. The van der Waals surface area contributed by atoms with Crippen molar-refractivity contribution in [3.05, 3.63) is 29.8 Å². The molecule has 5 heteroatoms. The van der Waals surface area contributed by atoms with E-state index in [0.717, 1.165) is 19.3 Å². The van der Waals surface area contributed by atoms with E-state index in [1.165, 1.54) is 11.3 Å². The van der Waals surface area contributed by atoms with Gasteiger partial charge in [0.15, 0.2) is 0 Å². The lowest BCUT2D eigenvalue weighted by Crippen LogP contribution is -2.35. The molecule has 2 rings (SSSR count). The summed E-state index contributed by atoms with van der Waals surface area (Å²) in [7, 11) is 3.43. The first-order chi connectivity index (χ1) is 10.5. The van der Waals surface area contributed by atoms with E-state index in [1.54, 1.807) is 38.4 Å². The first kappa shape index (κ1) is 16.5. The Morgan fingerprint density at radius 2 is 1.82 bits per heavy atom. The molecule has 1 aliphatic rings. The van der Waals surface area contributed by atoms with Crippen LogP contribution in [0.25, 0.3) is 0 Å². The van der Waals surface area contributed by atoms with Gasteiger partial charge in [0.05, 0.1) is 0 Å². The van der Waals surface area contributed by atoms with E-state index in [9.17, 15) is 9.59 Å². The van der Waals surface area contributed by atoms with Crippen LogP contribution in [0.3, 0.4) is 0 Å². The van der Waals surface area contributed by atoms with Crippen molar-refractivity contribution in [1.29, 1.82) is 0 Å². The molecule has 3 N–H and O–H groups in total. The number of nitrogens with two attached hydrogens (primary N) is 1. The normalized spacial score (nSPS) is 21.2. The zero-order valence-electron chi connectivity index (χ0n) is 13.3. The number of amides is 2. The van der Waals surface area contributed by atoms with Crippen molar-refractivity contribution >= 4 is 17.5 Å². The molecule has 0 radical (unpaired) electrons.